The maximum Gasteiger partial charge on any atom is 0.264 e. The maximum atomic E-state index is 13.3. The van der Waals surface area contributed by atoms with Crippen molar-refractivity contribution in [3.05, 3.63) is 52.5 Å². The van der Waals surface area contributed by atoms with Crippen molar-refractivity contribution in [2.75, 3.05) is 17.4 Å². The van der Waals surface area contributed by atoms with E-state index in [4.69, 9.17) is 16.3 Å². The predicted octanol–water partition coefficient (Wildman–Crippen LogP) is 2.60. The highest BCUT2D eigenvalue weighted by molar-refractivity contribution is 7.92. The first kappa shape index (κ1) is 17.2. The van der Waals surface area contributed by atoms with Crippen molar-refractivity contribution in [2.45, 2.75) is 24.3 Å². The van der Waals surface area contributed by atoms with Gasteiger partial charge in [0.15, 0.2) is 5.75 Å². The minimum atomic E-state index is -3.87. The Morgan fingerprint density at radius 1 is 1.27 bits per heavy atom. The number of sulfonamides is 1. The Morgan fingerprint density at radius 3 is 2.88 bits per heavy atom. The van der Waals surface area contributed by atoms with Gasteiger partial charge in [-0.15, -0.1) is 0 Å². The Labute approximate surface area is 156 Å². The average Bonchev–Trinajstić information content (AvgIpc) is 2.62. The molecule has 8 heteroatoms. The monoisotopic (exact) mass is 392 g/mol. The molecule has 0 fully saturated rings. The molecule has 6 nitrogen and oxygen atoms in total. The summed E-state index contributed by atoms with van der Waals surface area (Å²) in [5, 5.41) is 3.10. The summed E-state index contributed by atoms with van der Waals surface area (Å²) in [6, 6.07) is 9.72. The Morgan fingerprint density at radius 2 is 2.08 bits per heavy atom. The number of benzene rings is 2. The summed E-state index contributed by atoms with van der Waals surface area (Å²) in [5.74, 6) is 0.106. The highest BCUT2D eigenvalue weighted by Crippen LogP contribution is 2.41. The number of nitrogens with one attached hydrogen (secondary N) is 1. The van der Waals surface area contributed by atoms with Crippen molar-refractivity contribution in [1.82, 2.24) is 5.32 Å². The van der Waals surface area contributed by atoms with Gasteiger partial charge in [0.1, 0.15) is 6.10 Å². The summed E-state index contributed by atoms with van der Waals surface area (Å²) in [6.07, 6.45) is 0.340. The largest absolute Gasteiger partial charge is 0.485 e. The van der Waals surface area contributed by atoms with Crippen LogP contribution in [0.2, 0.25) is 5.02 Å². The number of rotatable bonds is 2. The highest BCUT2D eigenvalue weighted by atomic mass is 35.5. The number of anilines is 1. The molecule has 0 radical (unpaired) electrons. The molecule has 1 atom stereocenters. The number of carbonyl (C=O) groups is 1. The maximum absolute atomic E-state index is 13.3. The molecule has 2 heterocycles. The van der Waals surface area contributed by atoms with Gasteiger partial charge in [-0.25, -0.2) is 8.42 Å². The van der Waals surface area contributed by atoms with Crippen LogP contribution in [-0.2, 0) is 16.4 Å². The van der Waals surface area contributed by atoms with Gasteiger partial charge in [-0.3, -0.25) is 9.10 Å². The van der Waals surface area contributed by atoms with Gasteiger partial charge < -0.3 is 10.1 Å². The predicted molar refractivity (Wildman–Crippen MR) is 98.6 cm³/mol. The summed E-state index contributed by atoms with van der Waals surface area (Å²) in [6.45, 7) is 2.51. The molecule has 4 rings (SSSR count). The molecule has 1 N–H and O–H groups in total. The fourth-order valence-corrected chi connectivity index (χ4v) is 5.07. The van der Waals surface area contributed by atoms with E-state index in [2.05, 4.69) is 5.32 Å². The van der Waals surface area contributed by atoms with Crippen molar-refractivity contribution in [1.29, 1.82) is 0 Å². The van der Waals surface area contributed by atoms with E-state index in [1.54, 1.807) is 37.3 Å². The zero-order valence-electron chi connectivity index (χ0n) is 14.0. The number of para-hydroxylation sites is 1. The molecular weight excluding hydrogens is 376 g/mol. The Kier molecular flexibility index (Phi) is 4.08. The summed E-state index contributed by atoms with van der Waals surface area (Å²) in [7, 11) is -3.87. The van der Waals surface area contributed by atoms with E-state index in [0.717, 1.165) is 5.56 Å². The fourth-order valence-electron chi connectivity index (χ4n) is 3.29. The summed E-state index contributed by atoms with van der Waals surface area (Å²) >= 11 is 6.18. The van der Waals surface area contributed by atoms with Crippen LogP contribution >= 0.6 is 11.6 Å². The van der Waals surface area contributed by atoms with Gasteiger partial charge >= 0.3 is 0 Å². The lowest BCUT2D eigenvalue weighted by Crippen LogP contribution is -2.42. The van der Waals surface area contributed by atoms with Crippen LogP contribution in [0, 0.1) is 0 Å². The lowest BCUT2D eigenvalue weighted by Gasteiger charge is -2.34. The zero-order valence-corrected chi connectivity index (χ0v) is 15.6. The second-order valence-corrected chi connectivity index (χ2v) is 8.65. The molecule has 2 aromatic rings. The van der Waals surface area contributed by atoms with Crippen LogP contribution in [-0.4, -0.2) is 33.5 Å². The molecule has 0 aromatic heterocycles. The first-order chi connectivity index (χ1) is 12.4. The number of carbonyl (C=O) groups excluding carboxylic acids is 1. The third-order valence-electron chi connectivity index (χ3n) is 4.55. The van der Waals surface area contributed by atoms with Gasteiger partial charge in [0.2, 0.25) is 0 Å². The molecule has 26 heavy (non-hydrogen) atoms. The van der Waals surface area contributed by atoms with Crippen molar-refractivity contribution >= 4 is 33.2 Å². The van der Waals surface area contributed by atoms with Crippen LogP contribution in [0.5, 0.6) is 5.75 Å². The molecule has 0 bridgehead atoms. The normalized spacial score (nSPS) is 19.2. The average molecular weight is 393 g/mol. The minimum Gasteiger partial charge on any atom is -0.485 e. The lowest BCUT2D eigenvalue weighted by molar-refractivity contribution is 0.0945. The van der Waals surface area contributed by atoms with Crippen LogP contribution in [0.3, 0.4) is 0 Å². The molecule has 2 aromatic carbocycles. The van der Waals surface area contributed by atoms with Gasteiger partial charge in [-0.2, -0.15) is 0 Å². The molecule has 0 aliphatic carbocycles. The smallest absolute Gasteiger partial charge is 0.264 e. The second kappa shape index (κ2) is 6.17. The van der Waals surface area contributed by atoms with Gasteiger partial charge in [-0.05, 0) is 43.2 Å². The molecule has 1 amide bonds. The van der Waals surface area contributed by atoms with Crippen LogP contribution < -0.4 is 14.4 Å². The summed E-state index contributed by atoms with van der Waals surface area (Å²) < 4.78 is 33.6. The second-order valence-electron chi connectivity index (χ2n) is 6.38. The van der Waals surface area contributed by atoms with Gasteiger partial charge in [0, 0.05) is 12.1 Å². The SMILES string of the molecule is CC1CN(S(=O)(=O)c2ccc3c(c2)C(=O)NCC3)c2cccc(Cl)c2O1. The Hall–Kier alpha value is -2.25. The molecule has 2 aliphatic heterocycles. The number of hydrogen-bond acceptors (Lipinski definition) is 4. The van der Waals surface area contributed by atoms with Crippen LogP contribution in [0.1, 0.15) is 22.8 Å². The third-order valence-corrected chi connectivity index (χ3v) is 6.62. The van der Waals surface area contributed by atoms with E-state index in [1.807, 2.05) is 0 Å². The number of hydrogen-bond donors (Lipinski definition) is 1. The molecule has 0 spiro atoms. The molecule has 2 aliphatic rings. The zero-order chi connectivity index (χ0) is 18.5. The number of amides is 1. The Bertz CT molecular complexity index is 1010. The lowest BCUT2D eigenvalue weighted by atomic mass is 10.0. The van der Waals surface area contributed by atoms with E-state index in [-0.39, 0.29) is 23.5 Å². The molecule has 0 saturated carbocycles. The molecule has 0 saturated heterocycles. The Balaban J connectivity index is 1.82. The topological polar surface area (TPSA) is 75.7 Å². The summed E-state index contributed by atoms with van der Waals surface area (Å²) in [4.78, 5) is 12.2. The van der Waals surface area contributed by atoms with Crippen molar-refractivity contribution in [3.8, 4) is 5.75 Å². The minimum absolute atomic E-state index is 0.0772. The standard InChI is InChI=1S/C18H17ClN2O4S/c1-11-10-21(16-4-2-3-15(19)17(16)25-11)26(23,24)13-6-5-12-7-8-20-18(22)14(12)9-13/h2-6,9,11H,7-8,10H2,1H3,(H,20,22). The summed E-state index contributed by atoms with van der Waals surface area (Å²) in [5.41, 5.74) is 1.66. The fraction of sp³-hybridized carbons (Fsp3) is 0.278. The number of halogens is 1. The third kappa shape index (κ3) is 2.71. The number of ether oxygens (including phenoxy) is 1. The van der Waals surface area contributed by atoms with Crippen molar-refractivity contribution < 1.29 is 17.9 Å². The highest BCUT2D eigenvalue weighted by Gasteiger charge is 2.34. The number of fused-ring (bicyclic) bond motifs is 2. The van der Waals surface area contributed by atoms with E-state index in [9.17, 15) is 13.2 Å². The molecular formula is C18H17ClN2O4S. The van der Waals surface area contributed by atoms with Crippen LogP contribution in [0.4, 0.5) is 5.69 Å². The van der Waals surface area contributed by atoms with E-state index < -0.39 is 10.0 Å². The molecule has 136 valence electrons. The quantitative estimate of drug-likeness (QED) is 0.852. The van der Waals surface area contributed by atoms with Gasteiger partial charge in [-0.1, -0.05) is 23.7 Å². The van der Waals surface area contributed by atoms with Crippen LogP contribution in [0.25, 0.3) is 0 Å². The van der Waals surface area contributed by atoms with Gasteiger partial charge in [0.05, 0.1) is 22.2 Å². The molecule has 1 unspecified atom stereocenters. The first-order valence-corrected chi connectivity index (χ1v) is 10.1. The van der Waals surface area contributed by atoms with E-state index >= 15 is 0 Å². The number of nitrogens with zero attached hydrogens (tertiary/aromatic N) is 1. The van der Waals surface area contributed by atoms with E-state index in [0.29, 0.717) is 35.0 Å². The van der Waals surface area contributed by atoms with Gasteiger partial charge in [0.25, 0.3) is 15.9 Å². The van der Waals surface area contributed by atoms with Crippen molar-refractivity contribution in [2.24, 2.45) is 0 Å². The van der Waals surface area contributed by atoms with Crippen LogP contribution in [0.15, 0.2) is 41.3 Å². The van der Waals surface area contributed by atoms with E-state index in [1.165, 1.54) is 10.4 Å². The first-order valence-electron chi connectivity index (χ1n) is 8.27. The van der Waals surface area contributed by atoms with Crippen molar-refractivity contribution in [3.63, 3.8) is 0 Å².